The molecule has 0 aliphatic rings. The van der Waals surface area contributed by atoms with Gasteiger partial charge in [-0.15, -0.1) is 11.8 Å². The number of carboxylic acid groups (broad SMARTS) is 1. The van der Waals surface area contributed by atoms with Gasteiger partial charge in [-0.1, -0.05) is 13.8 Å². The zero-order valence-corrected chi connectivity index (χ0v) is 13.3. The van der Waals surface area contributed by atoms with Crippen molar-refractivity contribution < 1.29 is 14.6 Å². The van der Waals surface area contributed by atoms with Crippen LogP contribution in [0.3, 0.4) is 0 Å². The summed E-state index contributed by atoms with van der Waals surface area (Å²) in [5.74, 6) is 0.693. The zero-order chi connectivity index (χ0) is 15.1. The molecule has 0 spiro atoms. The van der Waals surface area contributed by atoms with Gasteiger partial charge in [0.05, 0.1) is 5.69 Å². The number of thioether (sulfide) groups is 1. The first-order valence-corrected chi connectivity index (χ1v) is 7.78. The molecule has 0 atom stereocenters. The molecule has 0 saturated carbocycles. The van der Waals surface area contributed by atoms with Crippen molar-refractivity contribution in [1.29, 1.82) is 0 Å². The van der Waals surface area contributed by atoms with E-state index in [0.29, 0.717) is 29.8 Å². The van der Waals surface area contributed by atoms with Gasteiger partial charge >= 0.3 is 5.97 Å². The normalized spacial score (nSPS) is 11.1. The summed E-state index contributed by atoms with van der Waals surface area (Å²) in [6.45, 7) is 9.07. The Morgan fingerprint density at radius 2 is 2.10 bits per heavy atom. The molecule has 0 radical (unpaired) electrons. The third-order valence-electron chi connectivity index (χ3n) is 2.68. The predicted octanol–water partition coefficient (Wildman–Crippen LogP) is 3.13. The van der Waals surface area contributed by atoms with Crippen molar-refractivity contribution in [2.45, 2.75) is 45.1 Å². The maximum atomic E-state index is 11.3. The lowest BCUT2D eigenvalue weighted by Crippen LogP contribution is -2.11. The Morgan fingerprint density at radius 1 is 1.40 bits per heavy atom. The topological polar surface area (TPSA) is 72.3 Å². The Hall–Kier alpha value is -1.14. The van der Waals surface area contributed by atoms with Crippen LogP contribution >= 0.6 is 11.8 Å². The number of aromatic nitrogens is 2. The average molecular weight is 298 g/mol. The number of aryl methyl sites for hydroxylation is 1. The summed E-state index contributed by atoms with van der Waals surface area (Å²) in [6.07, 6.45) is 0.873. The van der Waals surface area contributed by atoms with E-state index in [4.69, 9.17) is 4.74 Å². The number of hydrogen-bond acceptors (Lipinski definition) is 5. The zero-order valence-electron chi connectivity index (χ0n) is 12.5. The lowest BCUT2D eigenvalue weighted by atomic mass is 10.2. The van der Waals surface area contributed by atoms with E-state index in [1.54, 1.807) is 6.92 Å². The summed E-state index contributed by atoms with van der Waals surface area (Å²) >= 11 is 1.46. The van der Waals surface area contributed by atoms with Crippen LogP contribution in [-0.4, -0.2) is 40.0 Å². The predicted molar refractivity (Wildman–Crippen MR) is 79.7 cm³/mol. The second-order valence-electron chi connectivity index (χ2n) is 4.71. The molecule has 1 aromatic rings. The molecule has 0 saturated heterocycles. The number of hydrogen-bond donors (Lipinski definition) is 1. The van der Waals surface area contributed by atoms with Gasteiger partial charge in [0.1, 0.15) is 16.4 Å². The number of carbonyl (C=O) groups is 1. The van der Waals surface area contributed by atoms with E-state index in [1.165, 1.54) is 11.8 Å². The number of carboxylic acids is 1. The summed E-state index contributed by atoms with van der Waals surface area (Å²) in [5.41, 5.74) is 0.749. The Balaban J connectivity index is 2.87. The lowest BCUT2D eigenvalue weighted by Gasteiger charge is -2.11. The average Bonchev–Trinajstić information content (AvgIpc) is 2.37. The van der Waals surface area contributed by atoms with Gasteiger partial charge in [0.15, 0.2) is 0 Å². The Labute approximate surface area is 124 Å². The van der Waals surface area contributed by atoms with Gasteiger partial charge in [-0.2, -0.15) is 0 Å². The van der Waals surface area contributed by atoms with E-state index in [1.807, 2.05) is 20.8 Å². The van der Waals surface area contributed by atoms with Crippen molar-refractivity contribution in [1.82, 2.24) is 9.97 Å². The highest BCUT2D eigenvalue weighted by Crippen LogP contribution is 2.25. The van der Waals surface area contributed by atoms with E-state index >= 15 is 0 Å². The van der Waals surface area contributed by atoms with Crippen LogP contribution in [0.2, 0.25) is 0 Å². The molecule has 112 valence electrons. The number of nitrogens with zero attached hydrogens (tertiary/aromatic N) is 2. The molecule has 0 amide bonds. The number of rotatable bonds is 8. The molecule has 5 nitrogen and oxygen atoms in total. The van der Waals surface area contributed by atoms with Gasteiger partial charge in [-0.3, -0.25) is 0 Å². The fourth-order valence-corrected chi connectivity index (χ4v) is 2.64. The second-order valence-corrected chi connectivity index (χ2v) is 5.79. The fourth-order valence-electron chi connectivity index (χ4n) is 1.65. The van der Waals surface area contributed by atoms with Gasteiger partial charge in [-0.25, -0.2) is 14.8 Å². The van der Waals surface area contributed by atoms with E-state index in [2.05, 4.69) is 9.97 Å². The molecular weight excluding hydrogens is 276 g/mol. The van der Waals surface area contributed by atoms with Crippen LogP contribution in [0.25, 0.3) is 0 Å². The summed E-state index contributed by atoms with van der Waals surface area (Å²) < 4.78 is 5.27. The SMILES string of the molecule is CCOCCCSc1nc(C(C)C)nc(C)c1C(=O)O. The Morgan fingerprint density at radius 3 is 2.65 bits per heavy atom. The first kappa shape index (κ1) is 16.9. The third-order valence-corrected chi connectivity index (χ3v) is 3.74. The highest BCUT2D eigenvalue weighted by molar-refractivity contribution is 7.99. The van der Waals surface area contributed by atoms with Gasteiger partial charge in [0, 0.05) is 24.9 Å². The molecule has 0 bridgehead atoms. The minimum Gasteiger partial charge on any atom is -0.478 e. The van der Waals surface area contributed by atoms with Crippen LogP contribution in [0.5, 0.6) is 0 Å². The van der Waals surface area contributed by atoms with Crippen LogP contribution in [-0.2, 0) is 4.74 Å². The number of ether oxygens (including phenoxy) is 1. The summed E-state index contributed by atoms with van der Waals surface area (Å²) in [7, 11) is 0. The molecular formula is C14H22N2O3S. The first-order valence-electron chi connectivity index (χ1n) is 6.79. The Kier molecular flexibility index (Phi) is 6.95. The third kappa shape index (κ3) is 4.76. The van der Waals surface area contributed by atoms with Crippen molar-refractivity contribution in [2.24, 2.45) is 0 Å². The largest absolute Gasteiger partial charge is 0.478 e. The van der Waals surface area contributed by atoms with Crippen molar-refractivity contribution in [2.75, 3.05) is 19.0 Å². The van der Waals surface area contributed by atoms with Crippen molar-refractivity contribution in [3.63, 3.8) is 0 Å². The monoisotopic (exact) mass is 298 g/mol. The van der Waals surface area contributed by atoms with Gasteiger partial charge in [-0.05, 0) is 20.3 Å². The van der Waals surface area contributed by atoms with Crippen molar-refractivity contribution in [3.8, 4) is 0 Å². The molecule has 1 heterocycles. The van der Waals surface area contributed by atoms with Crippen molar-refractivity contribution >= 4 is 17.7 Å². The maximum absolute atomic E-state index is 11.3. The molecule has 0 aliphatic heterocycles. The smallest absolute Gasteiger partial charge is 0.340 e. The second kappa shape index (κ2) is 8.21. The first-order chi connectivity index (χ1) is 9.47. The van der Waals surface area contributed by atoms with E-state index in [-0.39, 0.29) is 11.5 Å². The van der Waals surface area contributed by atoms with E-state index < -0.39 is 5.97 Å². The highest BCUT2D eigenvalue weighted by atomic mass is 32.2. The van der Waals surface area contributed by atoms with Crippen molar-refractivity contribution in [3.05, 3.63) is 17.1 Å². The molecule has 1 N–H and O–H groups in total. The summed E-state index contributed by atoms with van der Waals surface area (Å²) in [4.78, 5) is 20.0. The standard InChI is InChI=1S/C14H22N2O3S/c1-5-19-7-6-8-20-13-11(14(17)18)10(4)15-12(16-13)9(2)3/h9H,5-8H2,1-4H3,(H,17,18). The molecule has 0 aromatic carbocycles. The van der Waals surface area contributed by atoms with Crippen LogP contribution in [0, 0.1) is 6.92 Å². The van der Waals surface area contributed by atoms with E-state index in [0.717, 1.165) is 12.2 Å². The quantitative estimate of drug-likeness (QED) is 0.451. The van der Waals surface area contributed by atoms with Crippen LogP contribution in [0.1, 0.15) is 55.0 Å². The lowest BCUT2D eigenvalue weighted by molar-refractivity contribution is 0.0690. The van der Waals surface area contributed by atoms with Crippen LogP contribution in [0.4, 0.5) is 0 Å². The van der Waals surface area contributed by atoms with Gasteiger partial charge in [0.2, 0.25) is 0 Å². The molecule has 0 fully saturated rings. The van der Waals surface area contributed by atoms with Gasteiger partial charge in [0.25, 0.3) is 0 Å². The Bertz CT molecular complexity index is 464. The highest BCUT2D eigenvalue weighted by Gasteiger charge is 2.19. The summed E-state index contributed by atoms with van der Waals surface area (Å²) in [6, 6.07) is 0. The number of aromatic carboxylic acids is 1. The molecule has 1 rings (SSSR count). The molecule has 0 aliphatic carbocycles. The molecule has 6 heteroatoms. The maximum Gasteiger partial charge on any atom is 0.340 e. The molecule has 0 unspecified atom stereocenters. The minimum absolute atomic E-state index is 0.180. The van der Waals surface area contributed by atoms with Gasteiger partial charge < -0.3 is 9.84 Å². The van der Waals surface area contributed by atoms with E-state index in [9.17, 15) is 9.90 Å². The summed E-state index contributed by atoms with van der Waals surface area (Å²) in [5, 5.41) is 9.86. The molecule has 1 aromatic heterocycles. The fraction of sp³-hybridized carbons (Fsp3) is 0.643. The van der Waals surface area contributed by atoms with Crippen LogP contribution < -0.4 is 0 Å². The molecule has 20 heavy (non-hydrogen) atoms. The minimum atomic E-state index is -0.967. The van der Waals surface area contributed by atoms with Crippen LogP contribution in [0.15, 0.2) is 5.03 Å².